The molecule has 15 heteroatoms. The first-order valence-corrected chi connectivity index (χ1v) is 13.7. The summed E-state index contributed by atoms with van der Waals surface area (Å²) < 4.78 is 43.1. The fourth-order valence-electron chi connectivity index (χ4n) is 4.73. The molecule has 244 valence electrons. The van der Waals surface area contributed by atoms with E-state index in [1.165, 1.54) is 45.6 Å². The SMILES string of the molecule is COc1cc(C(=O)OCC2(O)COC(OCC3OC(OCCc4ccc(O)cc4)C(O)C(O)C3O)C2O)cc(OC)c1OC. The van der Waals surface area contributed by atoms with Crippen molar-refractivity contribution in [1.82, 2.24) is 0 Å². The summed E-state index contributed by atoms with van der Waals surface area (Å²) in [5.41, 5.74) is -1.15. The van der Waals surface area contributed by atoms with Gasteiger partial charge in [0.1, 0.15) is 42.9 Å². The summed E-state index contributed by atoms with van der Waals surface area (Å²) in [6.45, 7) is -1.45. The standard InChI is InChI=1S/C29H38O15/c1-37-18-10-16(11-19(38-2)24(18)39-3)26(35)42-13-29(36)14-43-28(25(29)34)41-12-20-21(31)22(32)23(33)27(44-20)40-9-8-15-4-6-17(30)7-5-15/h4-7,10-11,20-23,25,27-28,30-34,36H,8-9,12-14H2,1-3H3. The highest BCUT2D eigenvalue weighted by Gasteiger charge is 2.51. The Hall–Kier alpha value is -3.25. The number of phenols is 1. The third-order valence-corrected chi connectivity index (χ3v) is 7.36. The van der Waals surface area contributed by atoms with E-state index in [0.717, 1.165) is 5.56 Å². The zero-order valence-corrected chi connectivity index (χ0v) is 24.4. The second-order valence-electron chi connectivity index (χ2n) is 10.4. The van der Waals surface area contributed by atoms with Crippen LogP contribution in [0.5, 0.6) is 23.0 Å². The first kappa shape index (κ1) is 33.6. The molecule has 2 fully saturated rings. The second kappa shape index (κ2) is 14.7. The fraction of sp³-hybridized carbons (Fsp3) is 0.552. The molecular formula is C29H38O15. The number of hydrogen-bond acceptors (Lipinski definition) is 15. The van der Waals surface area contributed by atoms with Gasteiger partial charge in [0, 0.05) is 0 Å². The highest BCUT2D eigenvalue weighted by atomic mass is 16.7. The summed E-state index contributed by atoms with van der Waals surface area (Å²) in [6.07, 6.45) is -9.93. The number of benzene rings is 2. The monoisotopic (exact) mass is 626 g/mol. The van der Waals surface area contributed by atoms with Crippen LogP contribution < -0.4 is 14.2 Å². The van der Waals surface area contributed by atoms with Crippen molar-refractivity contribution in [2.75, 3.05) is 47.8 Å². The van der Waals surface area contributed by atoms with Gasteiger partial charge in [0.2, 0.25) is 5.75 Å². The van der Waals surface area contributed by atoms with E-state index in [2.05, 4.69) is 0 Å². The molecule has 0 amide bonds. The lowest BCUT2D eigenvalue weighted by molar-refractivity contribution is -0.309. The van der Waals surface area contributed by atoms with E-state index in [0.29, 0.717) is 6.42 Å². The van der Waals surface area contributed by atoms with Gasteiger partial charge in [-0.25, -0.2) is 4.79 Å². The Morgan fingerprint density at radius 2 is 1.57 bits per heavy atom. The number of esters is 1. The Kier molecular flexibility index (Phi) is 11.2. The maximum atomic E-state index is 12.7. The predicted molar refractivity (Wildman–Crippen MR) is 147 cm³/mol. The van der Waals surface area contributed by atoms with Gasteiger partial charge in [-0.05, 0) is 36.2 Å². The van der Waals surface area contributed by atoms with E-state index in [4.69, 9.17) is 37.9 Å². The minimum absolute atomic E-state index is 0.0355. The summed E-state index contributed by atoms with van der Waals surface area (Å²) in [6, 6.07) is 9.19. The van der Waals surface area contributed by atoms with Crippen molar-refractivity contribution in [2.24, 2.45) is 0 Å². The number of carbonyl (C=O) groups excluding carboxylic acids is 1. The molecule has 0 spiro atoms. The molecule has 2 aliphatic heterocycles. The summed E-state index contributed by atoms with van der Waals surface area (Å²) in [7, 11) is 4.18. The van der Waals surface area contributed by atoms with Crippen LogP contribution in [0.15, 0.2) is 36.4 Å². The van der Waals surface area contributed by atoms with E-state index >= 15 is 0 Å². The molecule has 0 aliphatic carbocycles. The summed E-state index contributed by atoms with van der Waals surface area (Å²) in [5.74, 6) is -0.0372. The largest absolute Gasteiger partial charge is 0.508 e. The Bertz CT molecular complexity index is 1210. The lowest BCUT2D eigenvalue weighted by Crippen LogP contribution is -2.59. The number of ether oxygens (including phenoxy) is 8. The zero-order chi connectivity index (χ0) is 32.0. The van der Waals surface area contributed by atoms with Gasteiger partial charge < -0.3 is 68.5 Å². The van der Waals surface area contributed by atoms with Crippen LogP contribution in [-0.4, -0.2) is 133 Å². The van der Waals surface area contributed by atoms with Crippen molar-refractivity contribution in [1.29, 1.82) is 0 Å². The van der Waals surface area contributed by atoms with Crippen molar-refractivity contribution in [2.45, 2.75) is 55.1 Å². The average Bonchev–Trinajstić information content (AvgIpc) is 3.32. The number of hydrogen-bond donors (Lipinski definition) is 6. The van der Waals surface area contributed by atoms with Gasteiger partial charge in [0.15, 0.2) is 29.7 Å². The highest BCUT2D eigenvalue weighted by Crippen LogP contribution is 2.38. The van der Waals surface area contributed by atoms with E-state index in [-0.39, 0.29) is 35.2 Å². The molecule has 0 bridgehead atoms. The van der Waals surface area contributed by atoms with Crippen LogP contribution in [0, 0.1) is 0 Å². The van der Waals surface area contributed by atoms with Gasteiger partial charge in [-0.15, -0.1) is 0 Å². The number of aromatic hydroxyl groups is 1. The maximum absolute atomic E-state index is 12.7. The van der Waals surface area contributed by atoms with Gasteiger partial charge in [0.05, 0.1) is 46.7 Å². The first-order valence-electron chi connectivity index (χ1n) is 13.7. The van der Waals surface area contributed by atoms with Gasteiger partial charge in [-0.1, -0.05) is 12.1 Å². The van der Waals surface area contributed by atoms with Crippen LogP contribution in [0.25, 0.3) is 0 Å². The van der Waals surface area contributed by atoms with Crippen LogP contribution >= 0.6 is 0 Å². The van der Waals surface area contributed by atoms with Crippen LogP contribution in [0.2, 0.25) is 0 Å². The molecule has 0 saturated carbocycles. The third-order valence-electron chi connectivity index (χ3n) is 7.36. The Balaban J connectivity index is 1.30. The molecule has 8 atom stereocenters. The van der Waals surface area contributed by atoms with E-state index in [1.807, 2.05) is 0 Å². The molecule has 8 unspecified atom stereocenters. The zero-order valence-electron chi connectivity index (χ0n) is 24.4. The quantitative estimate of drug-likeness (QED) is 0.149. The number of aliphatic hydroxyl groups excluding tert-OH is 4. The molecular weight excluding hydrogens is 588 g/mol. The third kappa shape index (κ3) is 7.51. The average molecular weight is 627 g/mol. The number of rotatable bonds is 13. The van der Waals surface area contributed by atoms with Crippen LogP contribution in [-0.2, 0) is 30.1 Å². The molecule has 2 aromatic rings. The number of aliphatic hydroxyl groups is 5. The number of methoxy groups -OCH3 is 3. The Morgan fingerprint density at radius 3 is 2.18 bits per heavy atom. The molecule has 6 N–H and O–H groups in total. The molecule has 2 heterocycles. The molecule has 15 nitrogen and oxygen atoms in total. The lowest BCUT2D eigenvalue weighted by atomic mass is 9.99. The highest BCUT2D eigenvalue weighted by molar-refractivity contribution is 5.91. The predicted octanol–water partition coefficient (Wildman–Crippen LogP) is -0.893. The van der Waals surface area contributed by atoms with Gasteiger partial charge in [-0.3, -0.25) is 0 Å². The topological polar surface area (TPSA) is 212 Å². The van der Waals surface area contributed by atoms with Gasteiger partial charge >= 0.3 is 5.97 Å². The number of carbonyl (C=O) groups is 1. The van der Waals surface area contributed by atoms with Crippen LogP contribution in [0.4, 0.5) is 0 Å². The minimum atomic E-state index is -2.04. The minimum Gasteiger partial charge on any atom is -0.508 e. The second-order valence-corrected chi connectivity index (χ2v) is 10.4. The smallest absolute Gasteiger partial charge is 0.338 e. The van der Waals surface area contributed by atoms with E-state index in [1.54, 1.807) is 12.1 Å². The molecule has 2 aliphatic rings. The van der Waals surface area contributed by atoms with Gasteiger partial charge in [0.25, 0.3) is 0 Å². The fourth-order valence-corrected chi connectivity index (χ4v) is 4.73. The van der Waals surface area contributed by atoms with Crippen LogP contribution in [0.3, 0.4) is 0 Å². The van der Waals surface area contributed by atoms with Crippen molar-refractivity contribution in [3.05, 3.63) is 47.5 Å². The van der Waals surface area contributed by atoms with Crippen molar-refractivity contribution >= 4 is 5.97 Å². The molecule has 0 radical (unpaired) electrons. The molecule has 2 saturated heterocycles. The summed E-state index contributed by atoms with van der Waals surface area (Å²) in [5, 5.41) is 62.2. The van der Waals surface area contributed by atoms with Crippen molar-refractivity contribution < 1.29 is 73.3 Å². The summed E-state index contributed by atoms with van der Waals surface area (Å²) in [4.78, 5) is 12.7. The molecule has 4 rings (SSSR count). The molecule has 2 aromatic carbocycles. The molecule has 44 heavy (non-hydrogen) atoms. The van der Waals surface area contributed by atoms with Gasteiger partial charge in [-0.2, -0.15) is 0 Å². The Labute approximate surface area is 253 Å². The van der Waals surface area contributed by atoms with Crippen LogP contribution in [0.1, 0.15) is 15.9 Å². The van der Waals surface area contributed by atoms with Crippen molar-refractivity contribution in [3.8, 4) is 23.0 Å². The molecule has 0 aromatic heterocycles. The normalized spacial score (nSPS) is 30.1. The van der Waals surface area contributed by atoms with E-state index < -0.39 is 74.5 Å². The maximum Gasteiger partial charge on any atom is 0.338 e. The Morgan fingerprint density at radius 1 is 0.909 bits per heavy atom. The first-order chi connectivity index (χ1) is 21.0. The number of phenolic OH excluding ortho intramolecular Hbond substituents is 1. The van der Waals surface area contributed by atoms with Crippen molar-refractivity contribution in [3.63, 3.8) is 0 Å². The summed E-state index contributed by atoms with van der Waals surface area (Å²) >= 11 is 0. The lowest BCUT2D eigenvalue weighted by Gasteiger charge is -2.40. The van der Waals surface area contributed by atoms with E-state index in [9.17, 15) is 35.4 Å².